The van der Waals surface area contributed by atoms with Crippen molar-refractivity contribution in [3.8, 4) is 0 Å². The van der Waals surface area contributed by atoms with Crippen LogP contribution < -0.4 is 10.6 Å². The van der Waals surface area contributed by atoms with E-state index in [1.54, 1.807) is 12.4 Å². The van der Waals surface area contributed by atoms with Gasteiger partial charge in [0.25, 0.3) is 5.91 Å². The molecule has 2 aromatic rings. The molecule has 1 unspecified atom stereocenters. The highest BCUT2D eigenvalue weighted by atomic mass is 16.1. The summed E-state index contributed by atoms with van der Waals surface area (Å²) in [5.41, 5.74) is 2.38. The summed E-state index contributed by atoms with van der Waals surface area (Å²) in [6, 6.07) is 8.08. The van der Waals surface area contributed by atoms with E-state index >= 15 is 0 Å². The largest absolute Gasteiger partial charge is 0.352 e. The molecule has 0 saturated heterocycles. The molecule has 5 nitrogen and oxygen atoms in total. The number of hydrogen-bond donors (Lipinski definition) is 2. The van der Waals surface area contributed by atoms with Crippen molar-refractivity contribution in [3.63, 3.8) is 0 Å². The average molecular weight is 298 g/mol. The summed E-state index contributed by atoms with van der Waals surface area (Å²) in [6.45, 7) is 6.21. The lowest BCUT2D eigenvalue weighted by Gasteiger charge is -2.12. The number of para-hydroxylation sites is 1. The number of aromatic nitrogens is 2. The Bertz CT molecular complexity index is 625. The van der Waals surface area contributed by atoms with Gasteiger partial charge in [-0.05, 0) is 31.4 Å². The third-order valence-electron chi connectivity index (χ3n) is 3.55. The molecule has 2 rings (SSSR count). The van der Waals surface area contributed by atoms with E-state index in [1.807, 2.05) is 24.3 Å². The van der Waals surface area contributed by atoms with Gasteiger partial charge in [0.2, 0.25) is 5.95 Å². The molecule has 1 amide bonds. The van der Waals surface area contributed by atoms with Crippen LogP contribution in [0.5, 0.6) is 0 Å². The molecule has 2 N–H and O–H groups in total. The highest BCUT2D eigenvalue weighted by Crippen LogP contribution is 2.16. The van der Waals surface area contributed by atoms with Crippen LogP contribution in [-0.2, 0) is 6.42 Å². The quantitative estimate of drug-likeness (QED) is 0.856. The Morgan fingerprint density at radius 3 is 2.50 bits per heavy atom. The van der Waals surface area contributed by atoms with Gasteiger partial charge in [0, 0.05) is 24.1 Å². The van der Waals surface area contributed by atoms with Gasteiger partial charge in [-0.1, -0.05) is 32.0 Å². The van der Waals surface area contributed by atoms with E-state index < -0.39 is 0 Å². The normalized spacial score (nSPS) is 11.8. The number of anilines is 2. The van der Waals surface area contributed by atoms with Crippen LogP contribution in [0, 0.1) is 0 Å². The second kappa shape index (κ2) is 7.54. The predicted octanol–water partition coefficient (Wildman–Crippen LogP) is 3.50. The zero-order valence-electron chi connectivity index (χ0n) is 13.3. The zero-order valence-corrected chi connectivity index (χ0v) is 13.3. The topological polar surface area (TPSA) is 66.9 Å². The van der Waals surface area contributed by atoms with Gasteiger partial charge < -0.3 is 10.6 Å². The number of amides is 1. The van der Waals surface area contributed by atoms with Gasteiger partial charge in [0.15, 0.2) is 0 Å². The first-order chi connectivity index (χ1) is 10.6. The van der Waals surface area contributed by atoms with Crippen LogP contribution in [0.3, 0.4) is 0 Å². The second-order valence-corrected chi connectivity index (χ2v) is 5.21. The Hall–Kier alpha value is -2.43. The van der Waals surface area contributed by atoms with Crippen molar-refractivity contribution in [2.24, 2.45) is 0 Å². The van der Waals surface area contributed by atoms with Crippen molar-refractivity contribution in [2.45, 2.75) is 39.7 Å². The molecule has 1 atom stereocenters. The van der Waals surface area contributed by atoms with Gasteiger partial charge in [-0.15, -0.1) is 0 Å². The Morgan fingerprint density at radius 2 is 1.86 bits per heavy atom. The van der Waals surface area contributed by atoms with E-state index in [0.717, 1.165) is 24.1 Å². The molecule has 0 bridgehead atoms. The van der Waals surface area contributed by atoms with Gasteiger partial charge in [-0.2, -0.15) is 0 Å². The third-order valence-corrected chi connectivity index (χ3v) is 3.55. The van der Waals surface area contributed by atoms with Crippen molar-refractivity contribution in [1.82, 2.24) is 9.97 Å². The summed E-state index contributed by atoms with van der Waals surface area (Å²) in [5, 5.41) is 6.08. The number of carbonyl (C=O) groups is 1. The van der Waals surface area contributed by atoms with Crippen molar-refractivity contribution >= 4 is 17.5 Å². The lowest BCUT2D eigenvalue weighted by atomic mass is 10.1. The van der Waals surface area contributed by atoms with Crippen molar-refractivity contribution in [3.05, 3.63) is 47.8 Å². The summed E-state index contributed by atoms with van der Waals surface area (Å²) >= 11 is 0. The zero-order chi connectivity index (χ0) is 15.9. The van der Waals surface area contributed by atoms with Crippen molar-refractivity contribution < 1.29 is 4.79 Å². The first-order valence-electron chi connectivity index (χ1n) is 7.61. The molecule has 0 saturated carbocycles. The van der Waals surface area contributed by atoms with Crippen molar-refractivity contribution in [1.29, 1.82) is 0 Å². The maximum Gasteiger partial charge on any atom is 0.258 e. The molecule has 0 aliphatic rings. The van der Waals surface area contributed by atoms with Crippen LogP contribution in [0.1, 0.15) is 43.1 Å². The molecule has 1 heterocycles. The first-order valence-corrected chi connectivity index (χ1v) is 7.61. The fourth-order valence-electron chi connectivity index (χ4n) is 1.99. The molecule has 0 fully saturated rings. The number of aryl methyl sites for hydroxylation is 1. The smallest absolute Gasteiger partial charge is 0.258 e. The Morgan fingerprint density at radius 1 is 1.18 bits per heavy atom. The van der Waals surface area contributed by atoms with Crippen LogP contribution in [0.4, 0.5) is 11.6 Å². The standard InChI is InChI=1S/C17H22N4O/c1-4-12(3)20-17-18-10-14(11-19-17)16(22)21-15-9-7-6-8-13(15)5-2/h6-12H,4-5H2,1-3H3,(H,21,22)(H,18,19,20). The van der Waals surface area contributed by atoms with E-state index in [9.17, 15) is 4.79 Å². The minimum absolute atomic E-state index is 0.198. The number of rotatable bonds is 6. The monoisotopic (exact) mass is 298 g/mol. The minimum Gasteiger partial charge on any atom is -0.352 e. The average Bonchev–Trinajstić information content (AvgIpc) is 2.55. The Kier molecular flexibility index (Phi) is 5.47. The van der Waals surface area contributed by atoms with E-state index in [0.29, 0.717) is 17.6 Å². The van der Waals surface area contributed by atoms with Crippen LogP contribution in [0.2, 0.25) is 0 Å². The summed E-state index contributed by atoms with van der Waals surface area (Å²) in [6.07, 6.45) is 4.94. The van der Waals surface area contributed by atoms with Crippen LogP contribution in [0.15, 0.2) is 36.7 Å². The molecule has 0 aliphatic heterocycles. The summed E-state index contributed by atoms with van der Waals surface area (Å²) < 4.78 is 0. The maximum atomic E-state index is 12.3. The fraction of sp³-hybridized carbons (Fsp3) is 0.353. The fourth-order valence-corrected chi connectivity index (χ4v) is 1.99. The Balaban J connectivity index is 2.06. The first kappa shape index (κ1) is 15.9. The maximum absolute atomic E-state index is 12.3. The van der Waals surface area contributed by atoms with Gasteiger partial charge >= 0.3 is 0 Å². The van der Waals surface area contributed by atoms with Gasteiger partial charge in [0.05, 0.1) is 5.56 Å². The molecule has 0 spiro atoms. The molecule has 22 heavy (non-hydrogen) atoms. The molecule has 0 aliphatic carbocycles. The van der Waals surface area contributed by atoms with Crippen LogP contribution in [0.25, 0.3) is 0 Å². The number of benzene rings is 1. The number of hydrogen-bond acceptors (Lipinski definition) is 4. The van der Waals surface area contributed by atoms with E-state index in [-0.39, 0.29) is 5.91 Å². The van der Waals surface area contributed by atoms with Gasteiger partial charge in [0.1, 0.15) is 0 Å². The highest BCUT2D eigenvalue weighted by Gasteiger charge is 2.10. The molecule has 1 aromatic heterocycles. The molecular weight excluding hydrogens is 276 g/mol. The molecular formula is C17H22N4O. The predicted molar refractivity (Wildman–Crippen MR) is 89.2 cm³/mol. The second-order valence-electron chi connectivity index (χ2n) is 5.21. The molecule has 0 radical (unpaired) electrons. The summed E-state index contributed by atoms with van der Waals surface area (Å²) in [4.78, 5) is 20.6. The van der Waals surface area contributed by atoms with E-state index in [2.05, 4.69) is 41.4 Å². The van der Waals surface area contributed by atoms with Crippen molar-refractivity contribution in [2.75, 3.05) is 10.6 Å². The highest BCUT2D eigenvalue weighted by molar-refractivity contribution is 6.04. The van der Waals surface area contributed by atoms with Gasteiger partial charge in [-0.3, -0.25) is 4.79 Å². The van der Waals surface area contributed by atoms with Crippen LogP contribution >= 0.6 is 0 Å². The lowest BCUT2D eigenvalue weighted by Crippen LogP contribution is -2.17. The number of nitrogens with zero attached hydrogens (tertiary/aromatic N) is 2. The SMILES string of the molecule is CCc1ccccc1NC(=O)c1cnc(NC(C)CC)nc1. The number of carbonyl (C=O) groups excluding carboxylic acids is 1. The van der Waals surface area contributed by atoms with E-state index in [1.165, 1.54) is 0 Å². The number of nitrogens with one attached hydrogen (secondary N) is 2. The third kappa shape index (κ3) is 4.04. The minimum atomic E-state index is -0.198. The summed E-state index contributed by atoms with van der Waals surface area (Å²) in [7, 11) is 0. The van der Waals surface area contributed by atoms with E-state index in [4.69, 9.17) is 0 Å². The molecule has 5 heteroatoms. The Labute approximate surface area is 131 Å². The molecule has 116 valence electrons. The lowest BCUT2D eigenvalue weighted by molar-refractivity contribution is 0.102. The summed E-state index contributed by atoms with van der Waals surface area (Å²) in [5.74, 6) is 0.343. The van der Waals surface area contributed by atoms with Gasteiger partial charge in [-0.25, -0.2) is 9.97 Å². The van der Waals surface area contributed by atoms with Crippen LogP contribution in [-0.4, -0.2) is 21.9 Å². The molecule has 1 aromatic carbocycles.